The van der Waals surface area contributed by atoms with Crippen LogP contribution >= 0.6 is 11.8 Å². The van der Waals surface area contributed by atoms with E-state index >= 15 is 0 Å². The standard InChI is InChI=1S/C56H39NS/c1-55(2)46-22-10-8-21-42(46)43-30-28-39(34-49(43)55)57(52-25-13-9-20-41(52)36-16-4-3-5-17-36)40-29-31-44-45-32-37-18-6-7-19-38(37)33-50(45)56(51(44)35-40)47-23-11-14-26-53(47)58-54-27-15-12-24-48(54)56/h3-35H,1-2H3. The van der Waals surface area contributed by atoms with E-state index in [1.165, 1.54) is 87.3 Å². The molecule has 3 aliphatic rings. The van der Waals surface area contributed by atoms with Gasteiger partial charge in [-0.3, -0.25) is 0 Å². The zero-order valence-corrected chi connectivity index (χ0v) is 33.2. The molecule has 1 spiro atoms. The molecule has 0 N–H and O–H groups in total. The maximum absolute atomic E-state index is 2.53. The molecule has 9 aromatic rings. The summed E-state index contributed by atoms with van der Waals surface area (Å²) < 4.78 is 0. The topological polar surface area (TPSA) is 3.24 Å². The van der Waals surface area contributed by atoms with Crippen LogP contribution in [0.1, 0.15) is 47.2 Å². The minimum Gasteiger partial charge on any atom is -0.310 e. The molecule has 0 saturated heterocycles. The monoisotopic (exact) mass is 757 g/mol. The van der Waals surface area contributed by atoms with E-state index < -0.39 is 5.41 Å². The van der Waals surface area contributed by atoms with Crippen LogP contribution in [0.3, 0.4) is 0 Å². The molecule has 0 saturated carbocycles. The van der Waals surface area contributed by atoms with E-state index in [1.807, 2.05) is 11.8 Å². The smallest absolute Gasteiger partial charge is 0.0736 e. The summed E-state index contributed by atoms with van der Waals surface area (Å²) in [4.78, 5) is 5.14. The molecule has 1 heterocycles. The van der Waals surface area contributed by atoms with Gasteiger partial charge in [0.25, 0.3) is 0 Å². The van der Waals surface area contributed by atoms with Gasteiger partial charge in [0.15, 0.2) is 0 Å². The normalized spacial score (nSPS) is 14.6. The Bertz CT molecular complexity index is 3090. The molecule has 0 radical (unpaired) electrons. The van der Waals surface area contributed by atoms with Crippen molar-refractivity contribution in [1.29, 1.82) is 0 Å². The third-order valence-electron chi connectivity index (χ3n) is 13.1. The van der Waals surface area contributed by atoms with Crippen LogP contribution in [0.25, 0.3) is 44.2 Å². The van der Waals surface area contributed by atoms with Gasteiger partial charge in [-0.05, 0) is 127 Å². The van der Waals surface area contributed by atoms with Crippen molar-refractivity contribution in [2.75, 3.05) is 4.90 Å². The van der Waals surface area contributed by atoms with Crippen LogP contribution in [-0.4, -0.2) is 0 Å². The summed E-state index contributed by atoms with van der Waals surface area (Å²) in [5.41, 5.74) is 18.6. The van der Waals surface area contributed by atoms with Crippen molar-refractivity contribution in [2.24, 2.45) is 0 Å². The van der Waals surface area contributed by atoms with Crippen molar-refractivity contribution in [3.05, 3.63) is 234 Å². The molecule has 9 aromatic carbocycles. The van der Waals surface area contributed by atoms with Gasteiger partial charge in [0.1, 0.15) is 0 Å². The zero-order chi connectivity index (χ0) is 38.6. The molecular weight excluding hydrogens is 719 g/mol. The first kappa shape index (κ1) is 33.5. The molecule has 274 valence electrons. The number of nitrogens with zero attached hydrogens (tertiary/aromatic N) is 1. The van der Waals surface area contributed by atoms with E-state index in [2.05, 4.69) is 219 Å². The molecule has 0 atom stereocenters. The highest BCUT2D eigenvalue weighted by atomic mass is 32.2. The summed E-state index contributed by atoms with van der Waals surface area (Å²) in [6.45, 7) is 4.75. The largest absolute Gasteiger partial charge is 0.310 e. The minimum absolute atomic E-state index is 0.134. The van der Waals surface area contributed by atoms with E-state index in [9.17, 15) is 0 Å². The Labute approximate surface area is 344 Å². The van der Waals surface area contributed by atoms with E-state index in [1.54, 1.807) is 0 Å². The lowest BCUT2D eigenvalue weighted by molar-refractivity contribution is 0.660. The fourth-order valence-corrected chi connectivity index (χ4v) is 11.7. The average Bonchev–Trinajstić information content (AvgIpc) is 3.67. The van der Waals surface area contributed by atoms with E-state index in [0.29, 0.717) is 0 Å². The fraction of sp³-hybridized carbons (Fsp3) is 0.0714. The van der Waals surface area contributed by atoms with Crippen molar-refractivity contribution in [3.63, 3.8) is 0 Å². The maximum Gasteiger partial charge on any atom is 0.0736 e. The van der Waals surface area contributed by atoms with Crippen LogP contribution < -0.4 is 4.90 Å². The molecule has 0 bridgehead atoms. The Kier molecular flexibility index (Phi) is 7.19. The van der Waals surface area contributed by atoms with Crippen LogP contribution in [0.15, 0.2) is 210 Å². The summed E-state index contributed by atoms with van der Waals surface area (Å²) in [5, 5.41) is 2.53. The molecule has 0 fully saturated rings. The Morgan fingerprint density at radius 2 is 0.862 bits per heavy atom. The second-order valence-corrected chi connectivity index (χ2v) is 17.5. The number of anilines is 3. The summed E-state index contributed by atoms with van der Waals surface area (Å²) in [6, 6.07) is 75.1. The van der Waals surface area contributed by atoms with Gasteiger partial charge in [0.2, 0.25) is 0 Å². The molecule has 58 heavy (non-hydrogen) atoms. The number of hydrogen-bond donors (Lipinski definition) is 0. The summed E-state index contributed by atoms with van der Waals surface area (Å²) >= 11 is 1.90. The summed E-state index contributed by atoms with van der Waals surface area (Å²) in [5.74, 6) is 0. The first-order valence-corrected chi connectivity index (χ1v) is 21.1. The lowest BCUT2D eigenvalue weighted by Crippen LogP contribution is -2.32. The number of benzene rings is 9. The third-order valence-corrected chi connectivity index (χ3v) is 14.3. The van der Waals surface area contributed by atoms with Crippen molar-refractivity contribution in [1.82, 2.24) is 0 Å². The zero-order valence-electron chi connectivity index (χ0n) is 32.4. The fourth-order valence-electron chi connectivity index (χ4n) is 10.5. The van der Waals surface area contributed by atoms with Gasteiger partial charge in [-0.25, -0.2) is 0 Å². The summed E-state index contributed by atoms with van der Waals surface area (Å²) in [6.07, 6.45) is 0. The molecule has 0 aromatic heterocycles. The van der Waals surface area contributed by atoms with Gasteiger partial charge in [-0.1, -0.05) is 171 Å². The predicted molar refractivity (Wildman–Crippen MR) is 243 cm³/mol. The van der Waals surface area contributed by atoms with Crippen LogP contribution in [-0.2, 0) is 10.8 Å². The molecular formula is C56H39NS. The van der Waals surface area contributed by atoms with E-state index in [-0.39, 0.29) is 5.41 Å². The molecule has 12 rings (SSSR count). The van der Waals surface area contributed by atoms with Crippen LogP contribution in [0, 0.1) is 0 Å². The molecule has 1 aliphatic heterocycles. The third kappa shape index (κ3) is 4.61. The second kappa shape index (κ2) is 12.4. The lowest BCUT2D eigenvalue weighted by atomic mass is 9.67. The highest BCUT2D eigenvalue weighted by molar-refractivity contribution is 7.99. The first-order valence-electron chi connectivity index (χ1n) is 20.3. The molecule has 0 amide bonds. The lowest BCUT2D eigenvalue weighted by Gasteiger charge is -2.40. The van der Waals surface area contributed by atoms with Gasteiger partial charge < -0.3 is 4.90 Å². The first-order chi connectivity index (χ1) is 28.5. The minimum atomic E-state index is -0.505. The van der Waals surface area contributed by atoms with E-state index in [0.717, 1.165) is 17.1 Å². The Morgan fingerprint density at radius 1 is 0.362 bits per heavy atom. The van der Waals surface area contributed by atoms with Gasteiger partial charge in [-0.2, -0.15) is 0 Å². The maximum atomic E-state index is 2.53. The molecule has 2 aliphatic carbocycles. The van der Waals surface area contributed by atoms with Crippen molar-refractivity contribution in [3.8, 4) is 33.4 Å². The van der Waals surface area contributed by atoms with Gasteiger partial charge in [0.05, 0.1) is 11.1 Å². The quantitative estimate of drug-likeness (QED) is 0.176. The molecule has 0 unspecified atom stereocenters. The van der Waals surface area contributed by atoms with Crippen LogP contribution in [0.5, 0.6) is 0 Å². The second-order valence-electron chi connectivity index (χ2n) is 16.4. The Balaban J connectivity index is 1.16. The molecule has 1 nitrogen and oxygen atoms in total. The Hall–Kier alpha value is -6.61. The highest BCUT2D eigenvalue weighted by Gasteiger charge is 2.50. The highest BCUT2D eigenvalue weighted by Crippen LogP contribution is 2.63. The van der Waals surface area contributed by atoms with Gasteiger partial charge in [-0.15, -0.1) is 0 Å². The number of rotatable bonds is 4. The van der Waals surface area contributed by atoms with Crippen molar-refractivity contribution in [2.45, 2.75) is 34.5 Å². The Morgan fingerprint density at radius 3 is 1.57 bits per heavy atom. The van der Waals surface area contributed by atoms with Gasteiger partial charge in [0, 0.05) is 32.1 Å². The number of fused-ring (bicyclic) bond motifs is 13. The van der Waals surface area contributed by atoms with Gasteiger partial charge >= 0.3 is 0 Å². The van der Waals surface area contributed by atoms with Crippen molar-refractivity contribution >= 4 is 39.6 Å². The number of hydrogen-bond acceptors (Lipinski definition) is 2. The van der Waals surface area contributed by atoms with Crippen LogP contribution in [0.4, 0.5) is 17.1 Å². The summed E-state index contributed by atoms with van der Waals surface area (Å²) in [7, 11) is 0. The molecule has 2 heteroatoms. The predicted octanol–water partition coefficient (Wildman–Crippen LogP) is 15.1. The average molecular weight is 758 g/mol. The van der Waals surface area contributed by atoms with E-state index in [4.69, 9.17) is 0 Å². The van der Waals surface area contributed by atoms with Crippen LogP contribution in [0.2, 0.25) is 0 Å². The van der Waals surface area contributed by atoms with Crippen molar-refractivity contribution < 1.29 is 0 Å². The SMILES string of the molecule is CC1(C)c2ccccc2-c2ccc(N(c3ccc4c(c3)C3(c5ccccc5Sc5ccccc53)c3cc5ccccc5cc3-4)c3ccccc3-c3ccccc3)cc21. The number of para-hydroxylation sites is 1.